The normalized spacial score (nSPS) is 10.8. The molecule has 0 aromatic carbocycles. The van der Waals surface area contributed by atoms with Crippen LogP contribution in [0.15, 0.2) is 17.2 Å². The van der Waals surface area contributed by atoms with Crippen LogP contribution in [-0.4, -0.2) is 22.2 Å². The fourth-order valence-corrected chi connectivity index (χ4v) is 1.51. The Labute approximate surface area is 90.9 Å². The monoisotopic (exact) mass is 211 g/mol. The number of imidazole rings is 1. The Hall–Kier alpha value is -1.03. The highest BCUT2D eigenvalue weighted by atomic mass is 16.1. The van der Waals surface area contributed by atoms with Crippen molar-refractivity contribution in [3.8, 4) is 0 Å². The maximum absolute atomic E-state index is 11.4. The van der Waals surface area contributed by atoms with Crippen LogP contribution in [0.3, 0.4) is 0 Å². The van der Waals surface area contributed by atoms with Crippen molar-refractivity contribution in [1.82, 2.24) is 14.5 Å². The van der Waals surface area contributed by atoms with Crippen LogP contribution in [0.1, 0.15) is 26.2 Å². The average molecular weight is 211 g/mol. The van der Waals surface area contributed by atoms with E-state index >= 15 is 0 Å². The molecule has 86 valence electrons. The minimum atomic E-state index is 0.0801. The van der Waals surface area contributed by atoms with Crippen LogP contribution in [0.25, 0.3) is 0 Å². The molecule has 0 spiro atoms. The van der Waals surface area contributed by atoms with Crippen LogP contribution in [0.2, 0.25) is 0 Å². The zero-order valence-corrected chi connectivity index (χ0v) is 9.70. The van der Waals surface area contributed by atoms with E-state index in [1.807, 2.05) is 6.20 Å². The Balaban J connectivity index is 2.15. The standard InChI is InChI=1S/C11H21N3O/c1-3-6-12-7-4-5-8-14-10-9-13(2)11(14)15/h9-10,12H,3-8H2,1-2H3. The Kier molecular flexibility index (Phi) is 5.18. The number of nitrogens with one attached hydrogen (secondary N) is 1. The van der Waals surface area contributed by atoms with Crippen molar-refractivity contribution in [1.29, 1.82) is 0 Å². The van der Waals surface area contributed by atoms with E-state index in [0.29, 0.717) is 0 Å². The minimum Gasteiger partial charge on any atom is -0.317 e. The lowest BCUT2D eigenvalue weighted by molar-refractivity contribution is 0.553. The van der Waals surface area contributed by atoms with Gasteiger partial charge in [0.05, 0.1) is 0 Å². The van der Waals surface area contributed by atoms with E-state index in [9.17, 15) is 4.79 Å². The highest BCUT2D eigenvalue weighted by molar-refractivity contribution is 4.79. The van der Waals surface area contributed by atoms with Gasteiger partial charge >= 0.3 is 5.69 Å². The van der Waals surface area contributed by atoms with Crippen LogP contribution in [0.5, 0.6) is 0 Å². The Morgan fingerprint density at radius 1 is 1.27 bits per heavy atom. The molecule has 1 rings (SSSR count). The van der Waals surface area contributed by atoms with Gasteiger partial charge in [0.25, 0.3) is 0 Å². The Morgan fingerprint density at radius 3 is 2.67 bits per heavy atom. The topological polar surface area (TPSA) is 39.0 Å². The van der Waals surface area contributed by atoms with Crippen molar-refractivity contribution < 1.29 is 0 Å². The molecular weight excluding hydrogens is 190 g/mol. The molecule has 0 atom stereocenters. The fraction of sp³-hybridized carbons (Fsp3) is 0.727. The summed E-state index contributed by atoms with van der Waals surface area (Å²) in [6, 6.07) is 0. The quantitative estimate of drug-likeness (QED) is 0.682. The van der Waals surface area contributed by atoms with Gasteiger partial charge in [-0.1, -0.05) is 6.92 Å². The predicted octanol–water partition coefficient (Wildman–Crippen LogP) is 0.967. The molecule has 0 saturated heterocycles. The predicted molar refractivity (Wildman–Crippen MR) is 62.1 cm³/mol. The van der Waals surface area contributed by atoms with E-state index in [0.717, 1.165) is 32.5 Å². The molecule has 1 N–H and O–H groups in total. The second-order valence-electron chi connectivity index (χ2n) is 3.84. The molecule has 0 bridgehead atoms. The van der Waals surface area contributed by atoms with Crippen molar-refractivity contribution in [2.75, 3.05) is 13.1 Å². The summed E-state index contributed by atoms with van der Waals surface area (Å²) in [5.74, 6) is 0. The second-order valence-corrected chi connectivity index (χ2v) is 3.84. The highest BCUT2D eigenvalue weighted by Crippen LogP contribution is 1.92. The third-order valence-electron chi connectivity index (χ3n) is 2.45. The number of unbranched alkanes of at least 4 members (excludes halogenated alkanes) is 1. The first-order chi connectivity index (χ1) is 7.25. The summed E-state index contributed by atoms with van der Waals surface area (Å²) in [5, 5.41) is 3.35. The van der Waals surface area contributed by atoms with Gasteiger partial charge in [0, 0.05) is 26.0 Å². The highest BCUT2D eigenvalue weighted by Gasteiger charge is 1.98. The maximum Gasteiger partial charge on any atom is 0.327 e. The summed E-state index contributed by atoms with van der Waals surface area (Å²) >= 11 is 0. The zero-order chi connectivity index (χ0) is 11.1. The number of nitrogens with zero attached hydrogens (tertiary/aromatic N) is 2. The van der Waals surface area contributed by atoms with Crippen LogP contribution >= 0.6 is 0 Å². The summed E-state index contributed by atoms with van der Waals surface area (Å²) in [7, 11) is 1.78. The summed E-state index contributed by atoms with van der Waals surface area (Å²) in [4.78, 5) is 11.4. The summed E-state index contributed by atoms with van der Waals surface area (Å²) in [6.45, 7) is 5.13. The van der Waals surface area contributed by atoms with Crippen LogP contribution in [0.4, 0.5) is 0 Å². The fourth-order valence-electron chi connectivity index (χ4n) is 1.51. The van der Waals surface area contributed by atoms with Crippen LogP contribution < -0.4 is 11.0 Å². The number of hydrogen-bond donors (Lipinski definition) is 1. The summed E-state index contributed by atoms with van der Waals surface area (Å²) in [5.41, 5.74) is 0.0801. The van der Waals surface area contributed by atoms with Crippen LogP contribution in [-0.2, 0) is 13.6 Å². The van der Waals surface area contributed by atoms with Crippen molar-refractivity contribution in [2.24, 2.45) is 7.05 Å². The van der Waals surface area contributed by atoms with Gasteiger partial charge in [0.2, 0.25) is 0 Å². The van der Waals surface area contributed by atoms with Gasteiger partial charge in [-0.15, -0.1) is 0 Å². The summed E-state index contributed by atoms with van der Waals surface area (Å²) < 4.78 is 3.37. The van der Waals surface area contributed by atoms with Crippen molar-refractivity contribution in [3.05, 3.63) is 22.9 Å². The molecule has 0 unspecified atom stereocenters. The molecule has 0 aliphatic rings. The second kappa shape index (κ2) is 6.45. The number of aryl methyl sites for hydroxylation is 2. The van der Waals surface area contributed by atoms with Gasteiger partial charge in [0.15, 0.2) is 0 Å². The molecule has 0 amide bonds. The first-order valence-corrected chi connectivity index (χ1v) is 5.68. The third-order valence-corrected chi connectivity index (χ3v) is 2.45. The molecule has 0 saturated carbocycles. The minimum absolute atomic E-state index is 0.0801. The van der Waals surface area contributed by atoms with E-state index in [2.05, 4.69) is 12.2 Å². The van der Waals surface area contributed by atoms with Crippen molar-refractivity contribution >= 4 is 0 Å². The van der Waals surface area contributed by atoms with Crippen LogP contribution in [0, 0.1) is 0 Å². The van der Waals surface area contributed by atoms with E-state index in [1.165, 1.54) is 6.42 Å². The third kappa shape index (κ3) is 3.91. The zero-order valence-electron chi connectivity index (χ0n) is 9.70. The number of aromatic nitrogens is 2. The molecule has 1 aromatic heterocycles. The van der Waals surface area contributed by atoms with Gasteiger partial charge in [-0.25, -0.2) is 4.79 Å². The van der Waals surface area contributed by atoms with E-state index < -0.39 is 0 Å². The van der Waals surface area contributed by atoms with E-state index in [4.69, 9.17) is 0 Å². The molecule has 0 aliphatic carbocycles. The number of hydrogen-bond acceptors (Lipinski definition) is 2. The SMILES string of the molecule is CCCNCCCCn1ccn(C)c1=O. The van der Waals surface area contributed by atoms with Gasteiger partial charge in [0.1, 0.15) is 0 Å². The van der Waals surface area contributed by atoms with E-state index in [1.54, 1.807) is 22.4 Å². The lowest BCUT2D eigenvalue weighted by Gasteiger charge is -2.03. The molecule has 0 aliphatic heterocycles. The molecule has 0 radical (unpaired) electrons. The van der Waals surface area contributed by atoms with E-state index in [-0.39, 0.29) is 5.69 Å². The molecule has 1 heterocycles. The first kappa shape index (κ1) is 12.0. The molecule has 1 aromatic rings. The Morgan fingerprint density at radius 2 is 2.07 bits per heavy atom. The largest absolute Gasteiger partial charge is 0.327 e. The molecule has 15 heavy (non-hydrogen) atoms. The molecule has 4 nitrogen and oxygen atoms in total. The number of rotatable bonds is 7. The molecular formula is C11H21N3O. The summed E-state index contributed by atoms with van der Waals surface area (Å²) in [6.07, 6.45) is 7.01. The smallest absolute Gasteiger partial charge is 0.317 e. The van der Waals surface area contributed by atoms with Gasteiger partial charge in [-0.2, -0.15) is 0 Å². The van der Waals surface area contributed by atoms with Crippen molar-refractivity contribution in [3.63, 3.8) is 0 Å². The van der Waals surface area contributed by atoms with Gasteiger partial charge in [-0.3, -0.25) is 4.57 Å². The lowest BCUT2D eigenvalue weighted by Crippen LogP contribution is -2.22. The van der Waals surface area contributed by atoms with Gasteiger partial charge in [-0.05, 0) is 32.4 Å². The van der Waals surface area contributed by atoms with Crippen molar-refractivity contribution in [2.45, 2.75) is 32.7 Å². The first-order valence-electron chi connectivity index (χ1n) is 5.68. The Bertz CT molecular complexity index is 327. The lowest BCUT2D eigenvalue weighted by atomic mass is 10.3. The average Bonchev–Trinajstić information content (AvgIpc) is 2.54. The molecule has 4 heteroatoms. The maximum atomic E-state index is 11.4. The van der Waals surface area contributed by atoms with Gasteiger partial charge < -0.3 is 9.88 Å². The molecule has 0 fully saturated rings.